The Bertz CT molecular complexity index is 786. The predicted octanol–water partition coefficient (Wildman–Crippen LogP) is 3.25. The lowest BCUT2D eigenvalue weighted by molar-refractivity contribution is -0.120. The molecule has 4 nitrogen and oxygen atoms in total. The number of sulfonamides is 1. The molecule has 0 heterocycles. The normalized spacial score (nSPS) is 12.5. The third kappa shape index (κ3) is 6.64. The molecule has 0 spiro atoms. The van der Waals surface area contributed by atoms with Gasteiger partial charge in [0.25, 0.3) is 0 Å². The zero-order valence-electron chi connectivity index (χ0n) is 14.1. The van der Waals surface area contributed by atoms with Crippen molar-refractivity contribution in [3.05, 3.63) is 84.4 Å². The molecule has 0 saturated heterocycles. The summed E-state index contributed by atoms with van der Waals surface area (Å²) in [7, 11) is -3.62. The molecule has 0 aliphatic heterocycles. The molecule has 0 aromatic heterocycles. The van der Waals surface area contributed by atoms with Crippen molar-refractivity contribution < 1.29 is 13.2 Å². The van der Waals surface area contributed by atoms with Gasteiger partial charge in [-0.25, -0.2) is 13.1 Å². The van der Waals surface area contributed by atoms with Crippen molar-refractivity contribution in [2.24, 2.45) is 0 Å². The van der Waals surface area contributed by atoms with Crippen LogP contribution in [0.2, 0.25) is 0 Å². The molecule has 0 bridgehead atoms. The smallest absolute Gasteiger partial charge is 0.216 e. The van der Waals surface area contributed by atoms with E-state index in [1.807, 2.05) is 36.4 Å². The van der Waals surface area contributed by atoms with Crippen LogP contribution in [0.4, 0.5) is 0 Å². The number of hydrogen-bond acceptors (Lipinski definition) is 3. The van der Waals surface area contributed by atoms with Gasteiger partial charge < -0.3 is 0 Å². The van der Waals surface area contributed by atoms with Gasteiger partial charge in [0.2, 0.25) is 10.0 Å². The average Bonchev–Trinajstić information content (AvgIpc) is 2.60. The molecule has 0 radical (unpaired) electrons. The van der Waals surface area contributed by atoms with Crippen LogP contribution in [-0.2, 0) is 27.0 Å². The summed E-state index contributed by atoms with van der Waals surface area (Å²) in [5.74, 6) is -0.270. The molecule has 0 aliphatic rings. The fraction of sp³-hybridized carbons (Fsp3) is 0.250. The highest BCUT2D eigenvalue weighted by atomic mass is 32.2. The highest BCUT2D eigenvalue weighted by Crippen LogP contribution is 2.10. The quantitative estimate of drug-likeness (QED) is 0.664. The van der Waals surface area contributed by atoms with E-state index in [4.69, 9.17) is 0 Å². The van der Waals surface area contributed by atoms with Gasteiger partial charge in [-0.05, 0) is 24.0 Å². The average molecular weight is 357 g/mol. The number of rotatable bonds is 10. The van der Waals surface area contributed by atoms with Crippen LogP contribution in [0.1, 0.15) is 24.0 Å². The summed E-state index contributed by atoms with van der Waals surface area (Å²) in [6.07, 6.45) is 2.81. The Morgan fingerprint density at radius 3 is 2.12 bits per heavy atom. The molecule has 1 atom stereocenters. The fourth-order valence-electron chi connectivity index (χ4n) is 2.54. The lowest BCUT2D eigenvalue weighted by atomic mass is 10.0. The van der Waals surface area contributed by atoms with Crippen molar-refractivity contribution in [3.8, 4) is 0 Å². The number of Topliss-reactive ketones (excluding diaryl/α,β-unsaturated/α-hetero) is 1. The summed E-state index contributed by atoms with van der Waals surface area (Å²) in [5, 5.41) is 0. The van der Waals surface area contributed by atoms with Crippen molar-refractivity contribution >= 4 is 15.8 Å². The third-order valence-corrected chi connectivity index (χ3v) is 5.14. The van der Waals surface area contributed by atoms with Crippen LogP contribution in [0, 0.1) is 0 Å². The first-order valence-electron chi connectivity index (χ1n) is 8.21. The number of benzene rings is 2. The molecule has 132 valence electrons. The minimum atomic E-state index is -3.62. The Labute approximate surface area is 149 Å². The topological polar surface area (TPSA) is 63.2 Å². The zero-order chi connectivity index (χ0) is 18.1. The highest BCUT2D eigenvalue weighted by Gasteiger charge is 2.24. The first-order chi connectivity index (χ1) is 12.0. The first-order valence-corrected chi connectivity index (χ1v) is 9.87. The summed E-state index contributed by atoms with van der Waals surface area (Å²) < 4.78 is 27.6. The Morgan fingerprint density at radius 1 is 1.00 bits per heavy atom. The lowest BCUT2D eigenvalue weighted by Crippen LogP contribution is -2.42. The molecule has 0 aliphatic carbocycles. The molecule has 2 rings (SSSR count). The van der Waals surface area contributed by atoms with Gasteiger partial charge in [0.05, 0.1) is 11.8 Å². The largest absolute Gasteiger partial charge is 0.298 e. The summed E-state index contributed by atoms with van der Waals surface area (Å²) in [4.78, 5) is 12.5. The van der Waals surface area contributed by atoms with Crippen LogP contribution < -0.4 is 4.72 Å². The van der Waals surface area contributed by atoms with E-state index in [0.717, 1.165) is 5.56 Å². The standard InChI is InChI=1S/C20H23NO3S/c1-2-3-14-20(22)19(15-17-10-6-4-7-11-17)21-25(23,24)16-18-12-8-5-9-13-18/h2,4-13,19,21H,1,3,14-16H2/t19-/m1/s1. The van der Waals surface area contributed by atoms with Gasteiger partial charge >= 0.3 is 0 Å². The Hall–Kier alpha value is -2.24. The lowest BCUT2D eigenvalue weighted by Gasteiger charge is -2.18. The SMILES string of the molecule is C=CCCC(=O)[C@@H](Cc1ccccc1)NS(=O)(=O)Cc1ccccc1. The summed E-state index contributed by atoms with van der Waals surface area (Å²) >= 11 is 0. The van der Waals surface area contributed by atoms with Gasteiger partial charge in [-0.2, -0.15) is 0 Å². The number of carbonyl (C=O) groups excluding carboxylic acids is 1. The Kier molecular flexibility index (Phi) is 7.10. The maximum atomic E-state index is 12.5. The molecular formula is C20H23NO3S. The number of ketones is 1. The molecule has 0 unspecified atom stereocenters. The first kappa shape index (κ1) is 19.1. The van der Waals surface area contributed by atoms with Gasteiger partial charge in [-0.1, -0.05) is 66.7 Å². The van der Waals surface area contributed by atoms with Crippen LogP contribution >= 0.6 is 0 Å². The third-order valence-electron chi connectivity index (χ3n) is 3.79. The summed E-state index contributed by atoms with van der Waals surface area (Å²) in [6, 6.07) is 17.6. The maximum absolute atomic E-state index is 12.5. The van der Waals surface area contributed by atoms with E-state index in [0.29, 0.717) is 18.4 Å². The van der Waals surface area contributed by atoms with Gasteiger partial charge in [0, 0.05) is 6.42 Å². The Morgan fingerprint density at radius 2 is 1.56 bits per heavy atom. The zero-order valence-corrected chi connectivity index (χ0v) is 14.9. The van der Waals surface area contributed by atoms with Crippen molar-refractivity contribution in [2.45, 2.75) is 31.1 Å². The van der Waals surface area contributed by atoms with E-state index in [1.165, 1.54) is 0 Å². The molecular weight excluding hydrogens is 334 g/mol. The number of nitrogens with one attached hydrogen (secondary N) is 1. The molecule has 0 fully saturated rings. The predicted molar refractivity (Wildman–Crippen MR) is 101 cm³/mol. The van der Waals surface area contributed by atoms with Gasteiger partial charge in [-0.3, -0.25) is 4.79 Å². The highest BCUT2D eigenvalue weighted by molar-refractivity contribution is 7.88. The van der Waals surface area contributed by atoms with E-state index in [9.17, 15) is 13.2 Å². The number of hydrogen-bond donors (Lipinski definition) is 1. The van der Waals surface area contributed by atoms with Crippen LogP contribution in [0.15, 0.2) is 73.3 Å². The molecule has 1 N–H and O–H groups in total. The minimum Gasteiger partial charge on any atom is -0.298 e. The van der Waals surface area contributed by atoms with E-state index >= 15 is 0 Å². The second kappa shape index (κ2) is 9.30. The van der Waals surface area contributed by atoms with Crippen LogP contribution in [0.3, 0.4) is 0 Å². The second-order valence-electron chi connectivity index (χ2n) is 5.90. The van der Waals surface area contributed by atoms with Crippen LogP contribution in [-0.4, -0.2) is 20.2 Å². The molecule has 2 aromatic rings. The molecule has 5 heteroatoms. The van der Waals surface area contributed by atoms with E-state index in [2.05, 4.69) is 11.3 Å². The maximum Gasteiger partial charge on any atom is 0.216 e. The van der Waals surface area contributed by atoms with E-state index < -0.39 is 16.1 Å². The number of carbonyl (C=O) groups is 1. The van der Waals surface area contributed by atoms with Gasteiger partial charge in [0.1, 0.15) is 0 Å². The van der Waals surface area contributed by atoms with E-state index in [1.54, 1.807) is 30.3 Å². The van der Waals surface area contributed by atoms with Crippen molar-refractivity contribution in [1.29, 1.82) is 0 Å². The summed E-state index contributed by atoms with van der Waals surface area (Å²) in [6.45, 7) is 3.62. The van der Waals surface area contributed by atoms with Crippen molar-refractivity contribution in [2.75, 3.05) is 0 Å². The van der Waals surface area contributed by atoms with Crippen LogP contribution in [0.5, 0.6) is 0 Å². The van der Waals surface area contributed by atoms with Crippen molar-refractivity contribution in [1.82, 2.24) is 4.72 Å². The monoisotopic (exact) mass is 357 g/mol. The van der Waals surface area contributed by atoms with Gasteiger partial charge in [0.15, 0.2) is 5.78 Å². The minimum absolute atomic E-state index is 0.125. The molecule has 0 saturated carbocycles. The number of allylic oxidation sites excluding steroid dienone is 1. The molecule has 0 amide bonds. The van der Waals surface area contributed by atoms with E-state index in [-0.39, 0.29) is 18.0 Å². The van der Waals surface area contributed by atoms with Gasteiger partial charge in [-0.15, -0.1) is 6.58 Å². The fourth-order valence-corrected chi connectivity index (χ4v) is 3.90. The summed E-state index contributed by atoms with van der Waals surface area (Å²) in [5.41, 5.74) is 1.61. The molecule has 25 heavy (non-hydrogen) atoms. The van der Waals surface area contributed by atoms with Crippen molar-refractivity contribution in [3.63, 3.8) is 0 Å². The molecule has 2 aromatic carbocycles. The van der Waals surface area contributed by atoms with Crippen LogP contribution in [0.25, 0.3) is 0 Å². The second-order valence-corrected chi connectivity index (χ2v) is 7.65. The Balaban J connectivity index is 2.13.